The summed E-state index contributed by atoms with van der Waals surface area (Å²) in [5.74, 6) is -0.743. The van der Waals surface area contributed by atoms with Gasteiger partial charge in [-0.2, -0.15) is 0 Å². The van der Waals surface area contributed by atoms with E-state index in [2.05, 4.69) is 9.97 Å². The number of halogens is 2. The van der Waals surface area contributed by atoms with Crippen molar-refractivity contribution >= 4 is 87.2 Å². The van der Waals surface area contributed by atoms with Gasteiger partial charge in [0.2, 0.25) is 0 Å². The predicted molar refractivity (Wildman–Crippen MR) is 167 cm³/mol. The predicted octanol–water partition coefficient (Wildman–Crippen LogP) is -7.20. The molecule has 44 heavy (non-hydrogen) atoms. The molecule has 4 aromatic rings. The smallest absolute Gasteiger partial charge is 0.870 e. The Hall–Kier alpha value is -1.27. The molecule has 0 aliphatic carbocycles. The minimum atomic E-state index is -4.60. The standard InChI is InChI=1S/2C9H6INO4S.2Ni.10H2O/c2*10-6-4-7(16(13,14)15)5-2-1-3-11-8(5)9(6)12;;;;;;;;;;;;/h2*1-4,12H,(H,13,14,15);;;10*1H2/q;;2*+2;;;;;;;;;;/p+2. The first-order valence-corrected chi connectivity index (χ1v) is 13.2. The van der Waals surface area contributed by atoms with Crippen LogP contribution in [0.4, 0.5) is 0 Å². The number of pyridine rings is 2. The SMILES string of the molecule is O.O.O.O.O=S(=O)([O-])c1cc(I)c([O-])c2ncccc12.O=S(=O)([O-])c1cc(I)c([O-])c2ncccc12.[Ni+2].[Ni+2].[OH3+].[OH3+].[OH3+].[OH3+].[OH3+].[OH3+]. The van der Waals surface area contributed by atoms with E-state index in [-0.39, 0.29) is 128 Å². The second kappa shape index (κ2) is 26.9. The fourth-order valence-electron chi connectivity index (χ4n) is 2.73. The third kappa shape index (κ3) is 15.3. The van der Waals surface area contributed by atoms with Gasteiger partial charge < -0.3 is 74.1 Å². The average Bonchev–Trinajstić information content (AvgIpc) is 2.72. The molecular formula is C18H34I2N2Ni2O18S2+6. The summed E-state index contributed by atoms with van der Waals surface area (Å²) >= 11 is 3.36. The van der Waals surface area contributed by atoms with Crippen molar-refractivity contribution < 1.29 is 124 Å². The van der Waals surface area contributed by atoms with Crippen LogP contribution in [-0.4, -0.2) is 57.8 Å². The van der Waals surface area contributed by atoms with E-state index in [9.17, 15) is 36.2 Å². The molecule has 264 valence electrons. The van der Waals surface area contributed by atoms with Crippen molar-refractivity contribution in [2.24, 2.45) is 0 Å². The summed E-state index contributed by atoms with van der Waals surface area (Å²) in [5.41, 5.74) is 0.00708. The van der Waals surface area contributed by atoms with Gasteiger partial charge >= 0.3 is 33.0 Å². The zero-order chi connectivity index (χ0) is 23.8. The second-order valence-corrected chi connectivity index (χ2v) is 11.1. The third-order valence-electron chi connectivity index (χ3n) is 4.06. The van der Waals surface area contributed by atoms with E-state index in [1.807, 2.05) is 0 Å². The average molecular weight is 1000 g/mol. The first-order valence-electron chi connectivity index (χ1n) is 8.22. The quantitative estimate of drug-likeness (QED) is 0.0790. The Labute approximate surface area is 296 Å². The van der Waals surface area contributed by atoms with Crippen LogP contribution >= 0.6 is 45.2 Å². The molecule has 0 amide bonds. The fourth-order valence-corrected chi connectivity index (χ4v) is 5.68. The topological polar surface area (TPSA) is 510 Å². The van der Waals surface area contributed by atoms with Crippen LogP contribution in [0.15, 0.2) is 58.6 Å². The van der Waals surface area contributed by atoms with E-state index in [0.717, 1.165) is 12.1 Å². The van der Waals surface area contributed by atoms with Gasteiger partial charge in [-0.25, -0.2) is 16.8 Å². The van der Waals surface area contributed by atoms with Crippen LogP contribution in [0.1, 0.15) is 0 Å². The van der Waals surface area contributed by atoms with Gasteiger partial charge in [0.25, 0.3) is 0 Å². The van der Waals surface area contributed by atoms with Gasteiger partial charge in [0.15, 0.2) is 0 Å². The number of benzene rings is 2. The molecular weight excluding hydrogens is 968 g/mol. The van der Waals surface area contributed by atoms with E-state index in [1.165, 1.54) is 36.7 Å². The van der Waals surface area contributed by atoms with Crippen molar-refractivity contribution in [3.8, 4) is 11.5 Å². The van der Waals surface area contributed by atoms with Crippen molar-refractivity contribution in [3.63, 3.8) is 0 Å². The molecule has 2 heterocycles. The Bertz CT molecular complexity index is 1480. The number of hydrogen-bond acceptors (Lipinski definition) is 10. The molecule has 0 saturated heterocycles. The first-order chi connectivity index (χ1) is 14.8. The summed E-state index contributed by atoms with van der Waals surface area (Å²) in [6.45, 7) is 0. The molecule has 0 unspecified atom stereocenters. The molecule has 0 fully saturated rings. The molecule has 0 saturated carbocycles. The molecule has 0 bridgehead atoms. The van der Waals surface area contributed by atoms with Crippen molar-refractivity contribution in [1.29, 1.82) is 0 Å². The van der Waals surface area contributed by atoms with Crippen LogP contribution in [0.5, 0.6) is 11.5 Å². The van der Waals surface area contributed by atoms with Gasteiger partial charge in [0, 0.05) is 30.3 Å². The van der Waals surface area contributed by atoms with Gasteiger partial charge in [-0.3, -0.25) is 9.97 Å². The molecule has 2 aromatic heterocycles. The van der Waals surface area contributed by atoms with Crippen LogP contribution < -0.4 is 10.2 Å². The first kappa shape index (κ1) is 69.5. The Morgan fingerprint density at radius 2 is 0.818 bits per heavy atom. The molecule has 0 aliphatic rings. The minimum absolute atomic E-state index is 0. The minimum Gasteiger partial charge on any atom is -0.870 e. The van der Waals surface area contributed by atoms with Gasteiger partial charge in [-0.15, -0.1) is 0 Å². The van der Waals surface area contributed by atoms with Crippen LogP contribution in [0, 0.1) is 7.14 Å². The Morgan fingerprint density at radius 1 is 0.568 bits per heavy atom. The molecule has 26 N–H and O–H groups in total. The Kier molecular flexibility index (Phi) is 42.5. The summed E-state index contributed by atoms with van der Waals surface area (Å²) in [6.07, 6.45) is 2.75. The number of rotatable bonds is 2. The van der Waals surface area contributed by atoms with Crippen molar-refractivity contribution in [2.45, 2.75) is 9.79 Å². The molecule has 20 nitrogen and oxygen atoms in total. The summed E-state index contributed by atoms with van der Waals surface area (Å²) < 4.78 is 66.5. The van der Waals surface area contributed by atoms with Gasteiger partial charge in [-0.05, 0) is 69.4 Å². The largest absolute Gasteiger partial charge is 2.00 e. The van der Waals surface area contributed by atoms with Crippen LogP contribution in [0.25, 0.3) is 21.8 Å². The molecule has 2 aromatic carbocycles. The fraction of sp³-hybridized carbons (Fsp3) is 0. The molecule has 4 rings (SSSR count). The molecule has 26 heteroatoms. The molecule has 0 spiro atoms. The summed E-state index contributed by atoms with van der Waals surface area (Å²) in [6, 6.07) is 7.90. The van der Waals surface area contributed by atoms with Gasteiger partial charge in [0.1, 0.15) is 20.2 Å². The van der Waals surface area contributed by atoms with Crippen LogP contribution in [0.3, 0.4) is 0 Å². The van der Waals surface area contributed by atoms with E-state index in [0.29, 0.717) is 0 Å². The summed E-state index contributed by atoms with van der Waals surface area (Å²) in [4.78, 5) is 6.78. The molecule has 0 aliphatic heterocycles. The number of hydrogen-bond donors (Lipinski definition) is 0. The van der Waals surface area contributed by atoms with Crippen molar-refractivity contribution in [3.05, 3.63) is 55.9 Å². The van der Waals surface area contributed by atoms with Gasteiger partial charge in [0.05, 0.1) is 20.8 Å². The third-order valence-corrected chi connectivity index (χ3v) is 7.42. The summed E-state index contributed by atoms with van der Waals surface area (Å²) in [7, 11) is -9.20. The Balaban J connectivity index is -0.0000000516. The van der Waals surface area contributed by atoms with Crippen molar-refractivity contribution in [2.75, 3.05) is 0 Å². The number of fused-ring (bicyclic) bond motifs is 2. The zero-order valence-electron chi connectivity index (χ0n) is 21.4. The Morgan fingerprint density at radius 3 is 1.05 bits per heavy atom. The maximum atomic E-state index is 11.6. The monoisotopic (exact) mass is 1000 g/mol. The maximum absolute atomic E-state index is 11.6. The number of nitrogens with zero attached hydrogens (tertiary/aromatic N) is 2. The van der Waals surface area contributed by atoms with Crippen LogP contribution in [-0.2, 0) is 86.1 Å². The molecule has 0 radical (unpaired) electrons. The van der Waals surface area contributed by atoms with Crippen molar-refractivity contribution in [1.82, 2.24) is 9.97 Å². The zero-order valence-corrected chi connectivity index (χ0v) is 29.4. The van der Waals surface area contributed by atoms with E-state index < -0.39 is 30.0 Å². The molecule has 0 atom stereocenters. The second-order valence-electron chi connectivity index (χ2n) is 6.08. The number of aromatic nitrogens is 2. The van der Waals surface area contributed by atoms with Crippen LogP contribution in [0.2, 0.25) is 0 Å². The van der Waals surface area contributed by atoms with E-state index in [1.54, 1.807) is 45.2 Å². The summed E-state index contributed by atoms with van der Waals surface area (Å²) in [5, 5.41) is 23.4. The maximum Gasteiger partial charge on any atom is 2.00 e. The normalized spacial score (nSPS) is 8.64. The van der Waals surface area contributed by atoms with E-state index in [4.69, 9.17) is 0 Å². The van der Waals surface area contributed by atoms with Gasteiger partial charge in [-0.1, -0.05) is 23.6 Å². The van der Waals surface area contributed by atoms with E-state index >= 15 is 0 Å².